The van der Waals surface area contributed by atoms with E-state index in [-0.39, 0.29) is 24.5 Å². The zero-order valence-corrected chi connectivity index (χ0v) is 16.9. The quantitative estimate of drug-likeness (QED) is 0.320. The van der Waals surface area contributed by atoms with Crippen molar-refractivity contribution in [3.63, 3.8) is 0 Å². The van der Waals surface area contributed by atoms with Gasteiger partial charge in [-0.1, -0.05) is 12.1 Å². The smallest absolute Gasteiger partial charge is 0.327 e. The molecule has 13 heteroatoms. The zero-order valence-electron chi connectivity index (χ0n) is 15.1. The Morgan fingerprint density at radius 3 is 1.83 bits per heavy atom. The fourth-order valence-electron chi connectivity index (χ4n) is 2.73. The molecule has 0 radical (unpaired) electrons. The molecule has 0 saturated carbocycles. The Labute approximate surface area is 165 Å². The highest BCUT2D eigenvalue weighted by Crippen LogP contribution is 2.38. The summed E-state index contributed by atoms with van der Waals surface area (Å²) >= 11 is 0. The number of hydrogen-bond acceptors (Lipinski definition) is 6. The predicted octanol–water partition coefficient (Wildman–Crippen LogP) is 1.29. The Bertz CT molecular complexity index is 1050. The van der Waals surface area contributed by atoms with Crippen LogP contribution in [0.1, 0.15) is 0 Å². The third-order valence-electron chi connectivity index (χ3n) is 4.14. The van der Waals surface area contributed by atoms with Crippen LogP contribution in [-0.2, 0) is 9.13 Å². The van der Waals surface area contributed by atoms with E-state index in [1.165, 1.54) is 21.8 Å². The number of nitrogens with zero attached hydrogens (tertiary/aromatic N) is 4. The molecule has 3 rings (SSSR count). The maximum Gasteiger partial charge on any atom is 0.327 e. The molecule has 2 aromatic carbocycles. The van der Waals surface area contributed by atoms with Crippen LogP contribution >= 0.6 is 15.2 Å². The molecule has 0 spiro atoms. The second-order valence-corrected chi connectivity index (χ2v) is 9.97. The van der Waals surface area contributed by atoms with Gasteiger partial charge >= 0.3 is 15.2 Å². The number of phenols is 1. The minimum absolute atomic E-state index is 0.187. The third-order valence-corrected chi connectivity index (χ3v) is 5.70. The summed E-state index contributed by atoms with van der Waals surface area (Å²) in [6.45, 7) is -0.387. The van der Waals surface area contributed by atoms with E-state index in [1.807, 2.05) is 12.1 Å². The second-order valence-electron chi connectivity index (χ2n) is 6.41. The second kappa shape index (κ2) is 8.23. The number of anilines is 1. The highest BCUT2D eigenvalue weighted by Gasteiger charge is 2.22. The lowest BCUT2D eigenvalue weighted by Gasteiger charge is -2.26. The normalized spacial score (nSPS) is 12.4. The van der Waals surface area contributed by atoms with Gasteiger partial charge in [0, 0.05) is 19.2 Å². The van der Waals surface area contributed by atoms with Gasteiger partial charge < -0.3 is 29.6 Å². The summed E-state index contributed by atoms with van der Waals surface area (Å²) in [5, 5.41) is 19.1. The molecule has 0 unspecified atom stereocenters. The summed E-state index contributed by atoms with van der Waals surface area (Å²) < 4.78 is 22.4. The zero-order chi connectivity index (χ0) is 21.2. The van der Waals surface area contributed by atoms with Gasteiger partial charge in [-0.3, -0.25) is 9.13 Å². The molecule has 0 fully saturated rings. The molecule has 3 aromatic rings. The van der Waals surface area contributed by atoms with Crippen LogP contribution < -0.4 is 4.90 Å². The van der Waals surface area contributed by atoms with Crippen molar-refractivity contribution in [3.05, 3.63) is 42.5 Å². The van der Waals surface area contributed by atoms with Gasteiger partial charge in [0.25, 0.3) is 0 Å². The Kier molecular flexibility index (Phi) is 6.09. The first-order valence-corrected chi connectivity index (χ1v) is 12.1. The van der Waals surface area contributed by atoms with E-state index >= 15 is 0 Å². The van der Waals surface area contributed by atoms with E-state index in [0.29, 0.717) is 16.7 Å². The molecule has 0 atom stereocenters. The van der Waals surface area contributed by atoms with Crippen LogP contribution in [-0.4, -0.2) is 65.1 Å². The van der Waals surface area contributed by atoms with Gasteiger partial charge in [0.15, 0.2) is 0 Å². The van der Waals surface area contributed by atoms with Crippen LogP contribution in [0.3, 0.4) is 0 Å². The van der Waals surface area contributed by atoms with E-state index in [1.54, 1.807) is 18.2 Å². The van der Waals surface area contributed by atoms with E-state index < -0.39 is 27.5 Å². The minimum atomic E-state index is -4.34. The van der Waals surface area contributed by atoms with Gasteiger partial charge in [-0.15, -0.1) is 10.2 Å². The molecule has 0 saturated heterocycles. The summed E-state index contributed by atoms with van der Waals surface area (Å²) in [5.41, 5.74) is 1.97. The summed E-state index contributed by atoms with van der Waals surface area (Å²) in [7, 11) is -8.67. The third kappa shape index (κ3) is 5.86. The van der Waals surface area contributed by atoms with E-state index in [0.717, 1.165) is 0 Å². The van der Waals surface area contributed by atoms with Crippen LogP contribution in [0.15, 0.2) is 42.5 Å². The first kappa shape index (κ1) is 21.4. The van der Waals surface area contributed by atoms with Gasteiger partial charge in [0.05, 0.1) is 23.7 Å². The standard InChI is InChI=1S/C16H20N4O7P2/c21-16-11-12(20-17-13-3-1-2-4-14(13)18-20)5-6-15(16)19(7-9-28(22,23)24)8-10-29(25,26)27/h1-6,11,21H,7-10H2,(H2,22,23,24)(H2,25,26,27). The molecule has 29 heavy (non-hydrogen) atoms. The van der Waals surface area contributed by atoms with Crippen LogP contribution in [0.4, 0.5) is 5.69 Å². The molecule has 0 aliphatic rings. The van der Waals surface area contributed by atoms with Crippen molar-refractivity contribution in [2.75, 3.05) is 30.3 Å². The maximum atomic E-state index is 11.2. The first-order chi connectivity index (χ1) is 13.5. The molecule has 1 heterocycles. The molecule has 1 aromatic heterocycles. The number of phenolic OH excluding ortho intramolecular Hbond substituents is 1. The average Bonchev–Trinajstić information content (AvgIpc) is 3.05. The number of hydrogen-bond donors (Lipinski definition) is 5. The molecule has 0 aliphatic carbocycles. The fraction of sp³-hybridized carbons (Fsp3) is 0.250. The van der Waals surface area contributed by atoms with Crippen LogP contribution in [0, 0.1) is 0 Å². The van der Waals surface area contributed by atoms with Crippen molar-refractivity contribution in [1.29, 1.82) is 0 Å². The lowest BCUT2D eigenvalue weighted by molar-refractivity contribution is 0.372. The Balaban J connectivity index is 1.89. The monoisotopic (exact) mass is 442 g/mol. The van der Waals surface area contributed by atoms with Gasteiger partial charge in [0.2, 0.25) is 0 Å². The minimum Gasteiger partial charge on any atom is -0.506 e. The molecule has 156 valence electrons. The number of aromatic hydroxyl groups is 1. The van der Waals surface area contributed by atoms with Crippen molar-refractivity contribution in [2.24, 2.45) is 0 Å². The van der Waals surface area contributed by atoms with Gasteiger partial charge in [-0.2, -0.15) is 4.80 Å². The lowest BCUT2D eigenvalue weighted by Crippen LogP contribution is -2.29. The van der Waals surface area contributed by atoms with E-state index in [2.05, 4.69) is 10.2 Å². The number of aromatic nitrogens is 3. The van der Waals surface area contributed by atoms with Crippen molar-refractivity contribution in [2.45, 2.75) is 0 Å². The topological polar surface area (TPSA) is 169 Å². The molecule has 0 bridgehead atoms. The van der Waals surface area contributed by atoms with Crippen LogP contribution in [0.5, 0.6) is 5.75 Å². The Morgan fingerprint density at radius 1 is 0.862 bits per heavy atom. The summed E-state index contributed by atoms with van der Waals surface area (Å²) in [6, 6.07) is 11.7. The number of fused-ring (bicyclic) bond motifs is 1. The average molecular weight is 442 g/mol. The SMILES string of the molecule is O=P(O)(O)CCN(CCP(=O)(O)O)c1ccc(-n2nc3ccccc3n2)cc1O. The predicted molar refractivity (Wildman–Crippen MR) is 107 cm³/mol. The van der Waals surface area contributed by atoms with Crippen molar-refractivity contribution < 1.29 is 33.8 Å². The Hall–Kier alpha value is -2.26. The van der Waals surface area contributed by atoms with Crippen LogP contribution in [0.25, 0.3) is 16.7 Å². The summed E-state index contributed by atoms with van der Waals surface area (Å²) in [6.07, 6.45) is -1.05. The molecule has 5 N–H and O–H groups in total. The van der Waals surface area contributed by atoms with Crippen molar-refractivity contribution >= 4 is 31.9 Å². The van der Waals surface area contributed by atoms with Crippen molar-refractivity contribution in [1.82, 2.24) is 15.0 Å². The van der Waals surface area contributed by atoms with E-state index in [4.69, 9.17) is 19.6 Å². The maximum absolute atomic E-state index is 11.2. The molecular formula is C16H20N4O7P2. The van der Waals surface area contributed by atoms with E-state index in [9.17, 15) is 14.2 Å². The summed E-state index contributed by atoms with van der Waals surface area (Å²) in [4.78, 5) is 39.1. The number of benzene rings is 2. The van der Waals surface area contributed by atoms with Gasteiger partial charge in [-0.25, -0.2) is 0 Å². The van der Waals surface area contributed by atoms with Crippen LogP contribution in [0.2, 0.25) is 0 Å². The largest absolute Gasteiger partial charge is 0.506 e. The summed E-state index contributed by atoms with van der Waals surface area (Å²) in [5.74, 6) is -0.236. The Morgan fingerprint density at radius 2 is 1.38 bits per heavy atom. The highest BCUT2D eigenvalue weighted by molar-refractivity contribution is 7.52. The molecule has 0 amide bonds. The fourth-order valence-corrected chi connectivity index (χ4v) is 3.74. The number of rotatable bonds is 8. The highest BCUT2D eigenvalue weighted by atomic mass is 31.2. The molecule has 0 aliphatic heterocycles. The first-order valence-electron chi connectivity index (χ1n) is 8.51. The van der Waals surface area contributed by atoms with Gasteiger partial charge in [-0.05, 0) is 24.3 Å². The molecular weight excluding hydrogens is 422 g/mol. The lowest BCUT2D eigenvalue weighted by atomic mass is 10.2. The van der Waals surface area contributed by atoms with Crippen molar-refractivity contribution in [3.8, 4) is 11.4 Å². The van der Waals surface area contributed by atoms with Gasteiger partial charge in [0.1, 0.15) is 16.8 Å². The molecule has 11 nitrogen and oxygen atoms in total.